The molecule has 2 aromatic rings. The lowest BCUT2D eigenvalue weighted by molar-refractivity contribution is 0.0937. The number of nitrogens with zero attached hydrogens (tertiary/aromatic N) is 3. The van der Waals surface area contributed by atoms with Crippen molar-refractivity contribution in [3.8, 4) is 0 Å². The van der Waals surface area contributed by atoms with E-state index in [-0.39, 0.29) is 17.5 Å². The lowest BCUT2D eigenvalue weighted by atomic mass is 9.78. The van der Waals surface area contributed by atoms with Crippen LogP contribution in [-0.4, -0.2) is 45.8 Å². The van der Waals surface area contributed by atoms with Crippen LogP contribution in [0.5, 0.6) is 0 Å². The number of nitrogens with one attached hydrogen (secondary N) is 2. The molecular weight excluding hydrogens is 398 g/mol. The number of aromatic nitrogens is 2. The zero-order valence-corrected chi connectivity index (χ0v) is 19.5. The average molecular weight is 436 g/mol. The van der Waals surface area contributed by atoms with Crippen LogP contribution in [0.4, 0.5) is 5.82 Å². The van der Waals surface area contributed by atoms with Gasteiger partial charge in [-0.3, -0.25) is 9.69 Å². The smallest absolute Gasteiger partial charge is 0.256 e. The Kier molecular flexibility index (Phi) is 5.97. The Balaban J connectivity index is 1.25. The quantitative estimate of drug-likeness (QED) is 0.731. The molecule has 2 atom stereocenters. The van der Waals surface area contributed by atoms with Gasteiger partial charge in [-0.25, -0.2) is 4.68 Å². The van der Waals surface area contributed by atoms with Crippen LogP contribution in [-0.2, 0) is 12.1 Å². The third kappa shape index (κ3) is 4.42. The van der Waals surface area contributed by atoms with Crippen LogP contribution in [0.25, 0.3) is 0 Å². The molecule has 1 aromatic carbocycles. The Morgan fingerprint density at radius 3 is 2.72 bits per heavy atom. The number of hydrogen-bond acceptors (Lipinski definition) is 4. The van der Waals surface area contributed by atoms with E-state index >= 15 is 0 Å². The normalized spacial score (nSPS) is 25.8. The first-order chi connectivity index (χ1) is 15.5. The minimum absolute atomic E-state index is 0.00500. The molecule has 1 aliphatic carbocycles. The fourth-order valence-corrected chi connectivity index (χ4v) is 5.98. The van der Waals surface area contributed by atoms with Gasteiger partial charge in [0.25, 0.3) is 5.91 Å². The highest BCUT2D eigenvalue weighted by atomic mass is 16.1. The molecule has 5 rings (SSSR count). The fraction of sp³-hybridized carbons (Fsp3) is 0.615. The predicted octanol–water partition coefficient (Wildman–Crippen LogP) is 4.39. The van der Waals surface area contributed by atoms with Crippen LogP contribution in [0, 0.1) is 5.92 Å². The average Bonchev–Trinajstić information content (AvgIpc) is 3.42. The Bertz CT molecular complexity index is 931. The summed E-state index contributed by atoms with van der Waals surface area (Å²) in [7, 11) is 0. The lowest BCUT2D eigenvalue weighted by Gasteiger charge is -2.42. The third-order valence-corrected chi connectivity index (χ3v) is 7.70. The Labute approximate surface area is 191 Å². The van der Waals surface area contributed by atoms with Crippen molar-refractivity contribution in [2.24, 2.45) is 5.92 Å². The number of anilines is 1. The summed E-state index contributed by atoms with van der Waals surface area (Å²) >= 11 is 0. The predicted molar refractivity (Wildman–Crippen MR) is 128 cm³/mol. The van der Waals surface area contributed by atoms with Crippen molar-refractivity contribution in [3.63, 3.8) is 0 Å². The Morgan fingerprint density at radius 2 is 1.94 bits per heavy atom. The van der Waals surface area contributed by atoms with Crippen molar-refractivity contribution in [2.45, 2.75) is 83.0 Å². The van der Waals surface area contributed by atoms with E-state index in [0.29, 0.717) is 17.5 Å². The Morgan fingerprint density at radius 1 is 1.16 bits per heavy atom. The number of likely N-dealkylation sites (tertiary alicyclic amines) is 1. The summed E-state index contributed by atoms with van der Waals surface area (Å²) in [5, 5.41) is 11.7. The largest absolute Gasteiger partial charge is 0.366 e. The van der Waals surface area contributed by atoms with E-state index in [2.05, 4.69) is 64.8 Å². The van der Waals surface area contributed by atoms with E-state index < -0.39 is 0 Å². The molecule has 172 valence electrons. The first-order valence-corrected chi connectivity index (χ1v) is 12.4. The van der Waals surface area contributed by atoms with E-state index in [1.807, 2.05) is 4.68 Å². The van der Waals surface area contributed by atoms with Gasteiger partial charge >= 0.3 is 0 Å². The molecule has 1 saturated carbocycles. The van der Waals surface area contributed by atoms with Crippen molar-refractivity contribution in [2.75, 3.05) is 18.4 Å². The number of hydrogen-bond donors (Lipinski definition) is 2. The second kappa shape index (κ2) is 8.89. The molecule has 1 saturated heterocycles. The maximum atomic E-state index is 13.3. The van der Waals surface area contributed by atoms with Gasteiger partial charge in [0.1, 0.15) is 11.4 Å². The van der Waals surface area contributed by atoms with E-state index in [9.17, 15) is 4.79 Å². The molecule has 2 N–H and O–H groups in total. The molecule has 2 fully saturated rings. The molecule has 2 aliphatic heterocycles. The van der Waals surface area contributed by atoms with Crippen LogP contribution < -0.4 is 10.6 Å². The summed E-state index contributed by atoms with van der Waals surface area (Å²) in [5.41, 5.74) is 1.94. The number of benzene rings is 1. The van der Waals surface area contributed by atoms with Crippen molar-refractivity contribution < 1.29 is 4.79 Å². The first kappa shape index (κ1) is 21.5. The summed E-state index contributed by atoms with van der Waals surface area (Å²) in [4.78, 5) is 15.7. The standard InChI is InChI=1S/C26H37N5O/c1-26(2)15-23(20-11-7-4-8-12-20)29-24-22(16-27-31(24)26)25(32)28-21-13-14-30(18-21)17-19-9-5-3-6-10-19/h3,5-6,9-10,16,20-21,23,29H,4,7-8,11-15,17-18H2,1-2H3,(H,28,32). The lowest BCUT2D eigenvalue weighted by Crippen LogP contribution is -2.46. The molecule has 0 spiro atoms. The van der Waals surface area contributed by atoms with Gasteiger partial charge in [-0.1, -0.05) is 49.6 Å². The molecule has 3 heterocycles. The monoisotopic (exact) mass is 435 g/mol. The summed E-state index contributed by atoms with van der Waals surface area (Å²) in [6.45, 7) is 7.35. The molecule has 6 nitrogen and oxygen atoms in total. The highest BCUT2D eigenvalue weighted by molar-refractivity contribution is 5.99. The molecule has 6 heteroatoms. The van der Waals surface area contributed by atoms with Gasteiger partial charge in [0.15, 0.2) is 0 Å². The number of carbonyl (C=O) groups excluding carboxylic acids is 1. The van der Waals surface area contributed by atoms with Crippen LogP contribution in [0.2, 0.25) is 0 Å². The van der Waals surface area contributed by atoms with Gasteiger partial charge < -0.3 is 10.6 Å². The molecule has 1 aromatic heterocycles. The van der Waals surface area contributed by atoms with Crippen molar-refractivity contribution in [1.29, 1.82) is 0 Å². The summed E-state index contributed by atoms with van der Waals surface area (Å²) < 4.78 is 2.04. The highest BCUT2D eigenvalue weighted by Gasteiger charge is 2.39. The maximum absolute atomic E-state index is 13.3. The Hall–Kier alpha value is -2.34. The van der Waals surface area contributed by atoms with Gasteiger partial charge in [0.2, 0.25) is 0 Å². The van der Waals surface area contributed by atoms with Crippen LogP contribution in [0.15, 0.2) is 36.5 Å². The second-order valence-corrected chi connectivity index (χ2v) is 10.7. The van der Waals surface area contributed by atoms with Gasteiger partial charge in [-0.05, 0) is 51.0 Å². The molecule has 1 amide bonds. The van der Waals surface area contributed by atoms with Crippen LogP contribution in [0.1, 0.15) is 74.7 Å². The van der Waals surface area contributed by atoms with Gasteiger partial charge in [-0.15, -0.1) is 0 Å². The number of amides is 1. The van der Waals surface area contributed by atoms with Crippen LogP contribution in [0.3, 0.4) is 0 Å². The maximum Gasteiger partial charge on any atom is 0.256 e. The second-order valence-electron chi connectivity index (χ2n) is 10.7. The minimum atomic E-state index is -0.0823. The van der Waals surface area contributed by atoms with Crippen molar-refractivity contribution >= 4 is 11.7 Å². The topological polar surface area (TPSA) is 62.2 Å². The molecule has 2 unspecified atom stereocenters. The zero-order chi connectivity index (χ0) is 22.1. The van der Waals surface area contributed by atoms with E-state index in [0.717, 1.165) is 38.3 Å². The fourth-order valence-electron chi connectivity index (χ4n) is 5.98. The van der Waals surface area contributed by atoms with E-state index in [1.165, 1.54) is 37.7 Å². The first-order valence-electron chi connectivity index (χ1n) is 12.4. The molecule has 32 heavy (non-hydrogen) atoms. The van der Waals surface area contributed by atoms with Gasteiger partial charge in [0, 0.05) is 31.7 Å². The van der Waals surface area contributed by atoms with Crippen LogP contribution >= 0.6 is 0 Å². The highest BCUT2D eigenvalue weighted by Crippen LogP contribution is 2.39. The molecule has 0 radical (unpaired) electrons. The number of rotatable bonds is 5. The summed E-state index contributed by atoms with van der Waals surface area (Å²) in [6, 6.07) is 11.2. The molecule has 3 aliphatic rings. The number of carbonyl (C=O) groups is 1. The summed E-state index contributed by atoms with van der Waals surface area (Å²) in [6.07, 6.45) is 10.4. The van der Waals surface area contributed by atoms with Crippen molar-refractivity contribution in [1.82, 2.24) is 20.0 Å². The van der Waals surface area contributed by atoms with Gasteiger partial charge in [0.05, 0.1) is 11.7 Å². The minimum Gasteiger partial charge on any atom is -0.366 e. The SMILES string of the molecule is CC1(C)CC(C2CCCCC2)Nc2c(C(=O)NC3CCN(Cc4ccccc4)C3)cnn21. The van der Waals surface area contributed by atoms with Crippen molar-refractivity contribution in [3.05, 3.63) is 47.7 Å². The molecule has 0 bridgehead atoms. The summed E-state index contributed by atoms with van der Waals surface area (Å²) in [5.74, 6) is 1.61. The van der Waals surface area contributed by atoms with Gasteiger partial charge in [-0.2, -0.15) is 5.10 Å². The molecular formula is C26H37N5O. The van der Waals surface area contributed by atoms with E-state index in [1.54, 1.807) is 6.20 Å². The zero-order valence-electron chi connectivity index (χ0n) is 19.5. The van der Waals surface area contributed by atoms with E-state index in [4.69, 9.17) is 0 Å². The number of fused-ring (bicyclic) bond motifs is 1. The third-order valence-electron chi connectivity index (χ3n) is 7.70.